The van der Waals surface area contributed by atoms with E-state index in [4.69, 9.17) is 4.74 Å². The number of fused-ring (bicyclic) bond motifs is 1. The van der Waals surface area contributed by atoms with Gasteiger partial charge in [0.2, 0.25) is 0 Å². The van der Waals surface area contributed by atoms with E-state index in [1.807, 2.05) is 0 Å². The second-order valence-corrected chi connectivity index (χ2v) is 9.00. The van der Waals surface area contributed by atoms with Gasteiger partial charge in [0, 0.05) is 16.8 Å². The summed E-state index contributed by atoms with van der Waals surface area (Å²) in [4.78, 5) is 27.6. The first-order valence-electron chi connectivity index (χ1n) is 11.4. The van der Waals surface area contributed by atoms with Gasteiger partial charge < -0.3 is 15.0 Å². The van der Waals surface area contributed by atoms with Gasteiger partial charge in [0.1, 0.15) is 0 Å². The van der Waals surface area contributed by atoms with Crippen LogP contribution in [0.3, 0.4) is 0 Å². The van der Waals surface area contributed by atoms with E-state index in [0.29, 0.717) is 17.7 Å². The topological polar surface area (TPSA) is 58.6 Å². The molecule has 0 atom stereocenters. The van der Waals surface area contributed by atoms with E-state index >= 15 is 0 Å². The molecule has 12 heteroatoms. The summed E-state index contributed by atoms with van der Waals surface area (Å²) >= 11 is 0. The number of hydrogen-bond acceptors (Lipinski definition) is 3. The summed E-state index contributed by atoms with van der Waals surface area (Å²) in [5, 5.41) is 2.46. The van der Waals surface area contributed by atoms with Gasteiger partial charge in [-0.25, -0.2) is 4.39 Å². The molecule has 1 N–H and O–H groups in total. The van der Waals surface area contributed by atoms with Crippen molar-refractivity contribution in [2.24, 2.45) is 0 Å². The number of rotatable bonds is 5. The molecule has 0 saturated carbocycles. The van der Waals surface area contributed by atoms with Crippen LogP contribution in [-0.4, -0.2) is 31.3 Å². The highest BCUT2D eigenvalue weighted by atomic mass is 19.4. The number of ether oxygens (including phenoxy) is 1. The number of nitrogens with one attached hydrogen (secondary N) is 1. The first-order chi connectivity index (χ1) is 18.1. The van der Waals surface area contributed by atoms with Crippen molar-refractivity contribution in [2.45, 2.75) is 38.4 Å². The van der Waals surface area contributed by atoms with Crippen molar-refractivity contribution in [1.82, 2.24) is 0 Å². The van der Waals surface area contributed by atoms with Gasteiger partial charge in [-0.15, -0.1) is 0 Å². The summed E-state index contributed by atoms with van der Waals surface area (Å²) in [6.07, 6.45) is -12.5. The Hall–Kier alpha value is -4.09. The molecule has 0 aromatic heterocycles. The molecule has 0 aliphatic carbocycles. The molecule has 2 amide bonds. The summed E-state index contributed by atoms with van der Waals surface area (Å²) in [6, 6.07) is 12.2. The molecular weight excluding hydrogens is 533 g/mol. The van der Waals surface area contributed by atoms with Crippen LogP contribution in [0.1, 0.15) is 43.0 Å². The number of aryl methyl sites for hydroxylation is 2. The van der Waals surface area contributed by atoms with Crippen molar-refractivity contribution in [3.8, 4) is 5.75 Å². The Bertz CT molecular complexity index is 1430. The predicted octanol–water partition coefficient (Wildman–Crippen LogP) is 7.01. The van der Waals surface area contributed by atoms with Crippen LogP contribution < -0.4 is 15.0 Å². The largest absolute Gasteiger partial charge is 0.494 e. The van der Waals surface area contributed by atoms with Crippen molar-refractivity contribution in [2.75, 3.05) is 17.3 Å². The molecule has 4 rings (SSSR count). The molecule has 5 nitrogen and oxygen atoms in total. The summed E-state index contributed by atoms with van der Waals surface area (Å²) in [5.74, 6) is -1.09. The molecule has 0 saturated heterocycles. The fraction of sp³-hybridized carbons (Fsp3) is 0.259. The molecule has 0 spiro atoms. The molecule has 1 aliphatic rings. The highest BCUT2D eigenvalue weighted by molar-refractivity contribution is 6.13. The lowest BCUT2D eigenvalue weighted by molar-refractivity contribution is -0.348. The lowest BCUT2D eigenvalue weighted by Crippen LogP contribution is -2.50. The van der Waals surface area contributed by atoms with E-state index in [9.17, 15) is 40.3 Å². The number of methoxy groups -OCH3 is 1. The second kappa shape index (κ2) is 9.58. The number of alkyl halides is 7. The van der Waals surface area contributed by atoms with Crippen LogP contribution in [0.25, 0.3) is 0 Å². The quantitative estimate of drug-likeness (QED) is 0.345. The van der Waals surface area contributed by atoms with Gasteiger partial charge in [0.15, 0.2) is 5.75 Å². The number of carbonyl (C=O) groups is 2. The number of hydrogen-bond donors (Lipinski definition) is 1. The molecule has 3 aromatic carbocycles. The van der Waals surface area contributed by atoms with Crippen molar-refractivity contribution in [3.63, 3.8) is 0 Å². The number of halogens is 7. The van der Waals surface area contributed by atoms with Crippen LogP contribution in [-0.2, 0) is 12.2 Å². The van der Waals surface area contributed by atoms with Gasteiger partial charge in [-0.3, -0.25) is 9.59 Å². The van der Waals surface area contributed by atoms with Gasteiger partial charge in [0.05, 0.1) is 24.9 Å². The first-order valence-corrected chi connectivity index (χ1v) is 11.4. The minimum Gasteiger partial charge on any atom is -0.494 e. The van der Waals surface area contributed by atoms with Gasteiger partial charge >= 0.3 is 18.0 Å². The molecule has 0 radical (unpaired) electrons. The minimum absolute atomic E-state index is 0.0278. The second-order valence-electron chi connectivity index (χ2n) is 9.00. The van der Waals surface area contributed by atoms with E-state index in [1.165, 1.54) is 24.1 Å². The van der Waals surface area contributed by atoms with E-state index in [0.717, 1.165) is 19.4 Å². The molecule has 206 valence electrons. The van der Waals surface area contributed by atoms with Crippen LogP contribution in [0.5, 0.6) is 5.75 Å². The molecule has 0 fully saturated rings. The van der Waals surface area contributed by atoms with Gasteiger partial charge in [0.25, 0.3) is 11.8 Å². The number of anilines is 2. The van der Waals surface area contributed by atoms with E-state index in [2.05, 4.69) is 5.32 Å². The van der Waals surface area contributed by atoms with Gasteiger partial charge in [-0.2, -0.15) is 26.3 Å². The SMILES string of the molecule is COc1c(C(=O)Nc2c(C)cc(C(F)(C(F)(F)F)C(F)(F)F)cc2C)cccc1N1Cc2ccccc2C1=O. The normalized spacial score (nSPS) is 13.9. The first kappa shape index (κ1) is 27.9. The van der Waals surface area contributed by atoms with Gasteiger partial charge in [-0.05, 0) is 48.7 Å². The van der Waals surface area contributed by atoms with Crippen LogP contribution in [0, 0.1) is 13.8 Å². The Morgan fingerprint density at radius 3 is 2.03 bits per heavy atom. The monoisotopic (exact) mass is 554 g/mol. The average Bonchev–Trinajstić information content (AvgIpc) is 3.19. The minimum atomic E-state index is -6.27. The van der Waals surface area contributed by atoms with Crippen molar-refractivity contribution >= 4 is 23.2 Å². The van der Waals surface area contributed by atoms with Crippen molar-refractivity contribution < 1.29 is 45.1 Å². The maximum absolute atomic E-state index is 14.6. The van der Waals surface area contributed by atoms with Gasteiger partial charge in [-0.1, -0.05) is 36.4 Å². The van der Waals surface area contributed by atoms with Crippen molar-refractivity contribution in [3.05, 3.63) is 88.0 Å². The maximum atomic E-state index is 14.6. The fourth-order valence-electron chi connectivity index (χ4n) is 4.61. The molecule has 0 bridgehead atoms. The highest BCUT2D eigenvalue weighted by Crippen LogP contribution is 2.54. The Labute approximate surface area is 218 Å². The lowest BCUT2D eigenvalue weighted by Gasteiger charge is -2.31. The van der Waals surface area contributed by atoms with Crippen molar-refractivity contribution in [1.29, 1.82) is 0 Å². The summed E-state index contributed by atoms with van der Waals surface area (Å²) < 4.78 is 99.5. The Balaban J connectivity index is 1.69. The zero-order valence-electron chi connectivity index (χ0n) is 20.7. The maximum Gasteiger partial charge on any atom is 0.435 e. The van der Waals surface area contributed by atoms with Crippen LogP contribution in [0.2, 0.25) is 0 Å². The smallest absolute Gasteiger partial charge is 0.435 e. The number of benzene rings is 3. The van der Waals surface area contributed by atoms with Crippen LogP contribution in [0.4, 0.5) is 42.1 Å². The lowest BCUT2D eigenvalue weighted by atomic mass is 9.90. The van der Waals surface area contributed by atoms with E-state index in [1.54, 1.807) is 30.3 Å². The number of para-hydroxylation sites is 1. The third-order valence-electron chi connectivity index (χ3n) is 6.51. The van der Waals surface area contributed by atoms with Crippen LogP contribution in [0.15, 0.2) is 54.6 Å². The molecule has 1 heterocycles. The fourth-order valence-corrected chi connectivity index (χ4v) is 4.61. The zero-order valence-corrected chi connectivity index (χ0v) is 20.7. The number of amides is 2. The number of carbonyl (C=O) groups excluding carboxylic acids is 2. The zero-order chi connectivity index (χ0) is 28.9. The third-order valence-corrected chi connectivity index (χ3v) is 6.51. The molecule has 3 aromatic rings. The van der Waals surface area contributed by atoms with E-state index in [-0.39, 0.29) is 46.3 Å². The highest BCUT2D eigenvalue weighted by Gasteiger charge is 2.73. The average molecular weight is 554 g/mol. The summed E-state index contributed by atoms with van der Waals surface area (Å²) in [5.41, 5.74) is -6.32. The third kappa shape index (κ3) is 4.57. The number of nitrogens with zero attached hydrogens (tertiary/aromatic N) is 1. The molecular formula is C27H21F7N2O3. The standard InChI is InChI=1S/C27H21F7N2O3/c1-14-11-17(25(28,26(29,30)31)27(32,33)34)12-15(2)21(14)35-23(37)19-9-6-10-20(22(19)39-3)36-13-16-7-4-5-8-18(16)24(36)38/h4-12H,13H2,1-3H3,(H,35,37). The summed E-state index contributed by atoms with van der Waals surface area (Å²) in [7, 11) is 1.28. The molecule has 39 heavy (non-hydrogen) atoms. The molecule has 0 unspecified atom stereocenters. The van der Waals surface area contributed by atoms with Crippen LogP contribution >= 0.6 is 0 Å². The Morgan fingerprint density at radius 1 is 0.897 bits per heavy atom. The Morgan fingerprint density at radius 2 is 1.49 bits per heavy atom. The predicted molar refractivity (Wildman–Crippen MR) is 129 cm³/mol. The summed E-state index contributed by atoms with van der Waals surface area (Å²) in [6.45, 7) is 2.51. The van der Waals surface area contributed by atoms with E-state index < -0.39 is 29.5 Å². The Kier molecular flexibility index (Phi) is 6.86. The molecule has 1 aliphatic heterocycles.